The fraction of sp³-hybridized carbons (Fsp3) is 0.462. The number of aryl methyl sites for hydroxylation is 1. The number of benzene rings is 1. The molecule has 20 heavy (non-hydrogen) atoms. The number of hydrogen-bond donors (Lipinski definition) is 1. The molecule has 0 aliphatic rings. The first-order valence-corrected chi connectivity index (χ1v) is 6.07. The van der Waals surface area contributed by atoms with Crippen molar-refractivity contribution in [3.63, 3.8) is 0 Å². The molecule has 0 radical (unpaired) electrons. The molecule has 1 aromatic carbocycles. The molecule has 0 spiro atoms. The molecule has 0 aliphatic heterocycles. The van der Waals surface area contributed by atoms with Gasteiger partial charge in [-0.2, -0.15) is 13.2 Å². The van der Waals surface area contributed by atoms with Crippen LogP contribution in [0, 0.1) is 12.7 Å². The van der Waals surface area contributed by atoms with Crippen LogP contribution in [0.1, 0.15) is 29.3 Å². The van der Waals surface area contributed by atoms with Crippen molar-refractivity contribution < 1.29 is 22.4 Å². The van der Waals surface area contributed by atoms with Gasteiger partial charge in [0.2, 0.25) is 0 Å². The lowest BCUT2D eigenvalue weighted by Crippen LogP contribution is -2.39. The van der Waals surface area contributed by atoms with E-state index in [1.807, 2.05) is 0 Å². The number of carbonyl (C=O) groups is 1. The molecule has 0 saturated heterocycles. The fourth-order valence-electron chi connectivity index (χ4n) is 1.86. The minimum absolute atomic E-state index is 0.106. The van der Waals surface area contributed by atoms with E-state index < -0.39 is 30.0 Å². The third-order valence-electron chi connectivity index (χ3n) is 2.66. The van der Waals surface area contributed by atoms with Gasteiger partial charge in [0.15, 0.2) is 0 Å². The molecule has 1 aromatic rings. The van der Waals surface area contributed by atoms with Crippen LogP contribution < -0.4 is 5.73 Å². The number of hydrogen-bond acceptors (Lipinski definition) is 2. The fourth-order valence-corrected chi connectivity index (χ4v) is 1.86. The van der Waals surface area contributed by atoms with Gasteiger partial charge in [0, 0.05) is 12.2 Å². The summed E-state index contributed by atoms with van der Waals surface area (Å²) in [7, 11) is 0. The summed E-state index contributed by atoms with van der Waals surface area (Å²) < 4.78 is 51.2. The summed E-state index contributed by atoms with van der Waals surface area (Å²) in [5, 5.41) is 0. The Bertz CT molecular complexity index is 500. The highest BCUT2D eigenvalue weighted by molar-refractivity contribution is 5.95. The van der Waals surface area contributed by atoms with Crippen LogP contribution in [0.2, 0.25) is 0 Å². The molecule has 0 bridgehead atoms. The standard InChI is InChI=1S/C13H16F4N2O/c1-3-4-19(7-13(15,16)17)12(20)10-6-9(18)5-8(2)11(10)14/h5-6H,3-4,7,18H2,1-2H3. The van der Waals surface area contributed by atoms with E-state index in [0.717, 1.165) is 6.07 Å². The molecule has 0 fully saturated rings. The number of amides is 1. The van der Waals surface area contributed by atoms with Gasteiger partial charge in [0.1, 0.15) is 12.4 Å². The average molecular weight is 292 g/mol. The van der Waals surface area contributed by atoms with Crippen LogP contribution in [0.5, 0.6) is 0 Å². The molecule has 2 N–H and O–H groups in total. The first-order valence-electron chi connectivity index (χ1n) is 6.07. The molecule has 7 heteroatoms. The zero-order chi connectivity index (χ0) is 15.5. The van der Waals surface area contributed by atoms with Gasteiger partial charge in [-0.15, -0.1) is 0 Å². The maximum absolute atomic E-state index is 13.9. The van der Waals surface area contributed by atoms with Crippen molar-refractivity contribution in [2.75, 3.05) is 18.8 Å². The summed E-state index contributed by atoms with van der Waals surface area (Å²) in [6.45, 7) is 1.52. The van der Waals surface area contributed by atoms with Gasteiger partial charge < -0.3 is 10.6 Å². The summed E-state index contributed by atoms with van der Waals surface area (Å²) >= 11 is 0. The molecule has 1 rings (SSSR count). The largest absolute Gasteiger partial charge is 0.406 e. The second kappa shape index (κ2) is 6.11. The number of alkyl halides is 3. The zero-order valence-corrected chi connectivity index (χ0v) is 11.2. The minimum atomic E-state index is -4.53. The van der Waals surface area contributed by atoms with Crippen LogP contribution in [-0.2, 0) is 0 Å². The maximum atomic E-state index is 13.9. The van der Waals surface area contributed by atoms with Gasteiger partial charge in [0.05, 0.1) is 5.56 Å². The summed E-state index contributed by atoms with van der Waals surface area (Å²) in [5.74, 6) is -1.84. The number of nitrogens with two attached hydrogens (primary N) is 1. The summed E-state index contributed by atoms with van der Waals surface area (Å²) in [4.78, 5) is 12.6. The topological polar surface area (TPSA) is 46.3 Å². The van der Waals surface area contributed by atoms with Crippen LogP contribution in [0.4, 0.5) is 23.2 Å². The van der Waals surface area contributed by atoms with Crippen molar-refractivity contribution in [3.8, 4) is 0 Å². The third kappa shape index (κ3) is 4.11. The lowest BCUT2D eigenvalue weighted by atomic mass is 10.1. The molecule has 3 nitrogen and oxygen atoms in total. The van der Waals surface area contributed by atoms with Crippen molar-refractivity contribution in [1.82, 2.24) is 4.90 Å². The predicted molar refractivity (Wildman–Crippen MR) is 67.8 cm³/mol. The van der Waals surface area contributed by atoms with Crippen molar-refractivity contribution in [1.29, 1.82) is 0 Å². The molecule has 112 valence electrons. The Kier molecular flexibility index (Phi) is 4.97. The van der Waals surface area contributed by atoms with E-state index in [1.54, 1.807) is 6.92 Å². The van der Waals surface area contributed by atoms with E-state index in [2.05, 4.69) is 0 Å². The molecule has 0 unspecified atom stereocenters. The molecule has 0 aromatic heterocycles. The Morgan fingerprint density at radius 2 is 1.95 bits per heavy atom. The van der Waals surface area contributed by atoms with E-state index in [9.17, 15) is 22.4 Å². The van der Waals surface area contributed by atoms with E-state index in [4.69, 9.17) is 5.73 Å². The van der Waals surface area contributed by atoms with Gasteiger partial charge in [-0.05, 0) is 31.0 Å². The molecular weight excluding hydrogens is 276 g/mol. The highest BCUT2D eigenvalue weighted by Crippen LogP contribution is 2.22. The summed E-state index contributed by atoms with van der Waals surface area (Å²) in [6, 6.07) is 2.38. The van der Waals surface area contributed by atoms with Gasteiger partial charge >= 0.3 is 6.18 Å². The molecule has 0 heterocycles. The first-order chi connectivity index (χ1) is 9.15. The van der Waals surface area contributed by atoms with E-state index >= 15 is 0 Å². The Morgan fingerprint density at radius 1 is 1.35 bits per heavy atom. The zero-order valence-electron chi connectivity index (χ0n) is 11.2. The van der Waals surface area contributed by atoms with Crippen molar-refractivity contribution in [2.45, 2.75) is 26.4 Å². The highest BCUT2D eigenvalue weighted by Gasteiger charge is 2.33. The molecule has 0 saturated carbocycles. The Balaban J connectivity index is 3.12. The number of carbonyl (C=O) groups excluding carboxylic acids is 1. The predicted octanol–water partition coefficient (Wildman–Crippen LogP) is 3.13. The number of anilines is 1. The monoisotopic (exact) mass is 292 g/mol. The van der Waals surface area contributed by atoms with E-state index in [-0.39, 0.29) is 17.8 Å². The van der Waals surface area contributed by atoms with Gasteiger partial charge in [-0.1, -0.05) is 6.92 Å². The number of nitrogen functional groups attached to an aromatic ring is 1. The molecule has 0 aliphatic carbocycles. The van der Waals surface area contributed by atoms with Crippen LogP contribution in [0.25, 0.3) is 0 Å². The van der Waals surface area contributed by atoms with Gasteiger partial charge in [-0.25, -0.2) is 4.39 Å². The average Bonchev–Trinajstić information content (AvgIpc) is 2.30. The van der Waals surface area contributed by atoms with Crippen molar-refractivity contribution >= 4 is 11.6 Å². The Morgan fingerprint density at radius 3 is 2.45 bits per heavy atom. The number of nitrogens with zero attached hydrogens (tertiary/aromatic N) is 1. The van der Waals surface area contributed by atoms with Gasteiger partial charge in [-0.3, -0.25) is 4.79 Å². The van der Waals surface area contributed by atoms with Gasteiger partial charge in [0.25, 0.3) is 5.91 Å². The van der Waals surface area contributed by atoms with Crippen molar-refractivity contribution in [3.05, 3.63) is 29.1 Å². The third-order valence-corrected chi connectivity index (χ3v) is 2.66. The lowest BCUT2D eigenvalue weighted by Gasteiger charge is -2.24. The van der Waals surface area contributed by atoms with E-state index in [0.29, 0.717) is 11.3 Å². The first kappa shape index (κ1) is 16.3. The quantitative estimate of drug-likeness (QED) is 0.684. The van der Waals surface area contributed by atoms with Crippen LogP contribution in [0.15, 0.2) is 12.1 Å². The summed E-state index contributed by atoms with van der Waals surface area (Å²) in [6.07, 6.45) is -4.19. The van der Waals surface area contributed by atoms with Crippen molar-refractivity contribution in [2.24, 2.45) is 0 Å². The second-order valence-corrected chi connectivity index (χ2v) is 4.54. The lowest BCUT2D eigenvalue weighted by molar-refractivity contribution is -0.140. The number of halogens is 4. The van der Waals surface area contributed by atoms with E-state index in [1.165, 1.54) is 13.0 Å². The molecular formula is C13H16F4N2O. The normalized spacial score (nSPS) is 11.5. The van der Waals surface area contributed by atoms with Crippen LogP contribution >= 0.6 is 0 Å². The highest BCUT2D eigenvalue weighted by atomic mass is 19.4. The second-order valence-electron chi connectivity index (χ2n) is 4.54. The number of rotatable bonds is 4. The Hall–Kier alpha value is -1.79. The smallest absolute Gasteiger partial charge is 0.399 e. The van der Waals surface area contributed by atoms with Crippen LogP contribution in [0.3, 0.4) is 0 Å². The van der Waals surface area contributed by atoms with Crippen LogP contribution in [-0.4, -0.2) is 30.1 Å². The maximum Gasteiger partial charge on any atom is 0.406 e. The minimum Gasteiger partial charge on any atom is -0.399 e. The Labute approximate surface area is 114 Å². The molecule has 1 amide bonds. The SMILES string of the molecule is CCCN(CC(F)(F)F)C(=O)c1cc(N)cc(C)c1F. The molecule has 0 atom stereocenters. The summed E-state index contributed by atoms with van der Waals surface area (Å²) in [5.41, 5.74) is 5.33.